The standard InChI is InChI=1S/C15H21NO5.C9H17NO4S.C8H11NO6S.C7H13NO5S.C3H7NO2S.CCl2O.H2O/c1-11(17)14(16-2)10-12-4-6-13(7-5-12)21-15(18)20-9-8-19-3;1-7(11)8(10-2)6-15-9(12)14-5-4-13-3;1-13-2-3-14-8(12)16-4-5-6(10)15-7(11)9-5;1-12-2-3-13-7(11)14-4-5(8)6(9)10;4-2(1-7)3(5)6;2-1(3)4;/h4-7,14,16H,8-10H2,1-3H3;8,10H,4-6H2,1-3H3;5H,2-4H2,1H3,(H,9,11);5H,2-4,8H2,1H3,(H,9,10);2,7H,1,4H2,(H,5,6);;1H2/t14-;8-;2*5-;2-;;/m00000../s1. The van der Waals surface area contributed by atoms with E-state index in [9.17, 15) is 47.9 Å². The molecule has 11 N–H and O–H groups in total. The van der Waals surface area contributed by atoms with Crippen molar-refractivity contribution in [3.05, 3.63) is 29.8 Å². The minimum Gasteiger partial charge on any atom is -0.480 e. The van der Waals surface area contributed by atoms with Crippen molar-refractivity contribution >= 4 is 133 Å². The second-order valence-electron chi connectivity index (χ2n) is 13.9. The first-order valence-electron chi connectivity index (χ1n) is 21.9. The summed E-state index contributed by atoms with van der Waals surface area (Å²) in [7, 11) is 9.47. The normalized spacial score (nSPS) is 13.2. The van der Waals surface area contributed by atoms with E-state index in [4.69, 9.17) is 54.9 Å². The molecule has 1 fully saturated rings. The highest BCUT2D eigenvalue weighted by molar-refractivity contribution is 8.13. The Balaban J connectivity index is -0.000000286. The maximum absolute atomic E-state index is 11.4. The molecule has 1 amide bonds. The van der Waals surface area contributed by atoms with Crippen LogP contribution in [0.3, 0.4) is 0 Å². The zero-order valence-corrected chi connectivity index (χ0v) is 48.8. The summed E-state index contributed by atoms with van der Waals surface area (Å²) >= 11 is 15.0. The van der Waals surface area contributed by atoms with Crippen molar-refractivity contribution in [2.24, 2.45) is 11.5 Å². The Morgan fingerprint density at radius 3 is 1.40 bits per heavy atom. The van der Waals surface area contributed by atoms with Gasteiger partial charge in [0.15, 0.2) is 0 Å². The van der Waals surface area contributed by atoms with Crippen LogP contribution >= 0.6 is 71.1 Å². The molecule has 2 rings (SSSR count). The molecule has 1 aliphatic heterocycles. The highest BCUT2D eigenvalue weighted by Gasteiger charge is 2.33. The monoisotopic (exact) mass is 1240 g/mol. The first-order valence-corrected chi connectivity index (χ1v) is 26.2. The van der Waals surface area contributed by atoms with Gasteiger partial charge in [-0.15, -0.1) is 0 Å². The maximum Gasteiger partial charge on any atom is 0.513 e. The van der Waals surface area contributed by atoms with Crippen LogP contribution in [0.5, 0.6) is 5.75 Å². The molecule has 1 heterocycles. The van der Waals surface area contributed by atoms with Crippen LogP contribution in [0.1, 0.15) is 19.4 Å². The number of cyclic esters (lactones) is 2. The van der Waals surface area contributed by atoms with Crippen LogP contribution in [0.25, 0.3) is 0 Å². The number of amides is 1. The van der Waals surface area contributed by atoms with Gasteiger partial charge in [-0.05, 0) is 111 Å². The van der Waals surface area contributed by atoms with E-state index in [1.54, 1.807) is 33.2 Å². The molecule has 1 aromatic rings. The quantitative estimate of drug-likeness (QED) is 0.0114. The number of ether oxygens (including phenoxy) is 10. The van der Waals surface area contributed by atoms with E-state index in [0.717, 1.165) is 40.8 Å². The molecule has 1 aliphatic rings. The van der Waals surface area contributed by atoms with Crippen molar-refractivity contribution in [3.8, 4) is 5.75 Å². The molecule has 35 heteroatoms. The lowest BCUT2D eigenvalue weighted by molar-refractivity contribution is -0.138. The van der Waals surface area contributed by atoms with Gasteiger partial charge in [0, 0.05) is 51.5 Å². The van der Waals surface area contributed by atoms with Gasteiger partial charge in [-0.2, -0.15) is 12.6 Å². The number of hydrogen-bond acceptors (Lipinski definition) is 29. The number of carbonyl (C=O) groups is 11. The summed E-state index contributed by atoms with van der Waals surface area (Å²) in [5.74, 6) is -1.66. The molecular formula is C43H71Cl2N5O24S4. The second-order valence-corrected chi connectivity index (χ2v) is 18.0. The van der Waals surface area contributed by atoms with Crippen LogP contribution in [0, 0.1) is 0 Å². The second kappa shape index (κ2) is 54.4. The number of benzene rings is 1. The number of carboxylic acid groups (broad SMARTS) is 2. The van der Waals surface area contributed by atoms with Crippen molar-refractivity contribution in [2.75, 3.05) is 118 Å². The Kier molecular flexibility index (Phi) is 57.3. The third-order valence-electron chi connectivity index (χ3n) is 7.99. The lowest BCUT2D eigenvalue weighted by Crippen LogP contribution is -2.35. The van der Waals surface area contributed by atoms with Crippen molar-refractivity contribution in [1.82, 2.24) is 16.0 Å². The zero-order valence-electron chi connectivity index (χ0n) is 43.9. The Morgan fingerprint density at radius 2 is 1.06 bits per heavy atom. The van der Waals surface area contributed by atoms with Gasteiger partial charge in [0.1, 0.15) is 61.9 Å². The number of alkyl carbamates (subject to hydrolysis) is 1. The first-order chi connectivity index (χ1) is 36.3. The SMILES string of the molecule is CN[C@@H](CSC(=O)OCCOC)C(C)=O.CN[C@@H](Cc1ccc(OC(=O)OCCOC)cc1)C(C)=O.COCCOC(=O)SC[C@@H]1NC(=O)OC1=O.COCCOC(=O)SC[C@H](N)C(=O)O.N[C@@H](CS)C(=O)O.O.O=C(Cl)Cl. The largest absolute Gasteiger partial charge is 0.513 e. The number of likely N-dealkylation sites (N-methyl/N-ethyl adjacent to an activating group) is 2. The summed E-state index contributed by atoms with van der Waals surface area (Å²) in [4.78, 5) is 117. The lowest BCUT2D eigenvalue weighted by Gasteiger charge is -2.12. The summed E-state index contributed by atoms with van der Waals surface area (Å²) in [5.41, 5.74) is 11.1. The van der Waals surface area contributed by atoms with Crippen LogP contribution in [0.15, 0.2) is 24.3 Å². The fraction of sp³-hybridized carbons (Fsp3) is 0.605. The number of nitrogens with one attached hydrogen (secondary N) is 3. The van der Waals surface area contributed by atoms with Gasteiger partial charge in [-0.3, -0.25) is 24.0 Å². The number of esters is 1. The third-order valence-corrected chi connectivity index (χ3v) is 11.0. The number of rotatable bonds is 28. The van der Waals surface area contributed by atoms with E-state index in [0.29, 0.717) is 44.4 Å². The lowest BCUT2D eigenvalue weighted by atomic mass is 10.0. The highest BCUT2D eigenvalue weighted by atomic mass is 35.5. The number of carbonyl (C=O) groups excluding carboxylic acids is 9. The van der Waals surface area contributed by atoms with Gasteiger partial charge >= 0.3 is 50.8 Å². The Bertz CT molecular complexity index is 1900. The number of methoxy groups -OCH3 is 4. The summed E-state index contributed by atoms with van der Waals surface area (Å²) in [6.07, 6.45) is -0.968. The van der Waals surface area contributed by atoms with Gasteiger partial charge in [-0.25, -0.2) is 28.8 Å². The van der Waals surface area contributed by atoms with Crippen LogP contribution in [-0.4, -0.2) is 227 Å². The van der Waals surface area contributed by atoms with Crippen molar-refractivity contribution in [2.45, 2.75) is 50.5 Å². The molecule has 0 spiro atoms. The molecular weight excluding hydrogens is 1170 g/mol. The van der Waals surface area contributed by atoms with E-state index in [2.05, 4.69) is 70.7 Å². The summed E-state index contributed by atoms with van der Waals surface area (Å²) in [6, 6.07) is 3.79. The van der Waals surface area contributed by atoms with Crippen LogP contribution < -0.4 is 32.2 Å². The molecule has 0 bridgehead atoms. The van der Waals surface area contributed by atoms with Crippen molar-refractivity contribution in [3.63, 3.8) is 0 Å². The fourth-order valence-corrected chi connectivity index (χ4v) is 6.32. The molecule has 5 atom stereocenters. The number of thiol groups is 1. The van der Waals surface area contributed by atoms with Crippen molar-refractivity contribution in [1.29, 1.82) is 0 Å². The number of hydrogen-bond donors (Lipinski definition) is 8. The van der Waals surface area contributed by atoms with E-state index in [1.165, 1.54) is 35.4 Å². The van der Waals surface area contributed by atoms with Crippen LogP contribution in [-0.2, 0) is 73.0 Å². The third kappa shape index (κ3) is 52.1. The van der Waals surface area contributed by atoms with Gasteiger partial charge in [0.25, 0.3) is 0 Å². The number of thioether (sulfide) groups is 3. The smallest absolute Gasteiger partial charge is 0.480 e. The molecule has 0 saturated carbocycles. The Labute approximate surface area is 478 Å². The van der Waals surface area contributed by atoms with Crippen LogP contribution in [0.4, 0.5) is 28.8 Å². The predicted molar refractivity (Wildman–Crippen MR) is 292 cm³/mol. The van der Waals surface area contributed by atoms with E-state index < -0.39 is 63.6 Å². The topological polar surface area (TPSA) is 440 Å². The molecule has 450 valence electrons. The number of Topliss-reactive ketones (excluding diaryl/α,β-unsaturated/α-hetero) is 2. The summed E-state index contributed by atoms with van der Waals surface area (Å²) in [5, 5.41) is 23.0. The number of halogens is 2. The molecule has 1 aromatic carbocycles. The fourth-order valence-electron chi connectivity index (χ4n) is 3.98. The molecule has 0 unspecified atom stereocenters. The number of aliphatic carboxylic acids is 2. The highest BCUT2D eigenvalue weighted by Crippen LogP contribution is 2.15. The molecule has 0 aliphatic carbocycles. The predicted octanol–water partition coefficient (Wildman–Crippen LogP) is 2.39. The summed E-state index contributed by atoms with van der Waals surface area (Å²) < 4.78 is 46.2. The Hall–Kier alpha value is -4.59. The molecule has 0 aromatic heterocycles. The first kappa shape index (κ1) is 82.2. The van der Waals surface area contributed by atoms with Crippen LogP contribution in [0.2, 0.25) is 0 Å². The van der Waals surface area contributed by atoms with Crippen molar-refractivity contribution < 1.29 is 116 Å². The molecule has 29 nitrogen and oxygen atoms in total. The molecule has 0 radical (unpaired) electrons. The number of nitrogens with two attached hydrogens (primary N) is 2. The zero-order chi connectivity index (χ0) is 59.7. The van der Waals surface area contributed by atoms with E-state index in [-0.39, 0.29) is 78.1 Å². The van der Waals surface area contributed by atoms with E-state index >= 15 is 0 Å². The Morgan fingerprint density at radius 1 is 0.667 bits per heavy atom. The van der Waals surface area contributed by atoms with E-state index in [1.807, 2.05) is 12.1 Å². The summed E-state index contributed by atoms with van der Waals surface area (Å²) in [6.45, 7) is 5.08. The number of carboxylic acids is 2. The van der Waals surface area contributed by atoms with Gasteiger partial charge in [-0.1, -0.05) is 12.1 Å². The minimum absolute atomic E-state index is 0. The molecule has 1 saturated heterocycles. The van der Waals surface area contributed by atoms with Gasteiger partial charge in [0.2, 0.25) is 0 Å². The maximum atomic E-state index is 11.4. The van der Waals surface area contributed by atoms with Gasteiger partial charge < -0.3 is 90.5 Å². The minimum atomic E-state index is -1.14. The average molecular weight is 1240 g/mol. The molecule has 78 heavy (non-hydrogen) atoms. The average Bonchev–Trinajstić information content (AvgIpc) is 3.70. The number of ketones is 2. The van der Waals surface area contributed by atoms with Gasteiger partial charge in [0.05, 0.1) is 38.5 Å².